The fourth-order valence-corrected chi connectivity index (χ4v) is 3.01. The molecule has 7 heteroatoms. The number of ketones is 1. The lowest BCUT2D eigenvalue weighted by Gasteiger charge is -2.17. The van der Waals surface area contributed by atoms with E-state index in [0.717, 1.165) is 17.0 Å². The van der Waals surface area contributed by atoms with Crippen molar-refractivity contribution < 1.29 is 23.5 Å². The molecule has 0 fully saturated rings. The van der Waals surface area contributed by atoms with Crippen molar-refractivity contribution in [1.29, 1.82) is 0 Å². The highest BCUT2D eigenvalue weighted by Gasteiger charge is 2.25. The standard InChI is InChI=1S/C22H22N2O5/c1-14-11-17(15(2)23-14)19(25)13-29-22(27)18(12-16-7-4-3-5-8-16)24-21(26)20-9-6-10-28-20/h3-11,18,23H,12-13H2,1-2H3,(H,24,26)/t18-/m0/s1. The average molecular weight is 394 g/mol. The number of furan rings is 1. The Morgan fingerprint density at radius 2 is 1.86 bits per heavy atom. The van der Waals surface area contributed by atoms with Gasteiger partial charge in [0.2, 0.25) is 5.78 Å². The molecule has 0 aliphatic heterocycles. The Balaban J connectivity index is 1.68. The summed E-state index contributed by atoms with van der Waals surface area (Å²) in [7, 11) is 0. The van der Waals surface area contributed by atoms with Crippen molar-refractivity contribution in [3.05, 3.63) is 83.1 Å². The smallest absolute Gasteiger partial charge is 0.329 e. The summed E-state index contributed by atoms with van der Waals surface area (Å²) in [4.78, 5) is 40.4. The number of hydrogen-bond acceptors (Lipinski definition) is 5. The van der Waals surface area contributed by atoms with E-state index in [2.05, 4.69) is 10.3 Å². The number of carbonyl (C=O) groups excluding carboxylic acids is 3. The molecular weight excluding hydrogens is 372 g/mol. The zero-order valence-electron chi connectivity index (χ0n) is 16.2. The van der Waals surface area contributed by atoms with Gasteiger partial charge in [0.1, 0.15) is 6.04 Å². The first-order valence-corrected chi connectivity index (χ1v) is 9.18. The van der Waals surface area contributed by atoms with Gasteiger partial charge in [0.15, 0.2) is 12.4 Å². The maximum atomic E-state index is 12.7. The molecule has 2 aromatic heterocycles. The highest BCUT2D eigenvalue weighted by molar-refractivity contribution is 6.00. The molecule has 2 heterocycles. The Kier molecular flexibility index (Phi) is 6.29. The van der Waals surface area contributed by atoms with Crippen LogP contribution in [0.1, 0.15) is 37.9 Å². The fourth-order valence-electron chi connectivity index (χ4n) is 3.01. The number of amides is 1. The van der Waals surface area contributed by atoms with Gasteiger partial charge in [-0.15, -0.1) is 0 Å². The Hall–Kier alpha value is -3.61. The van der Waals surface area contributed by atoms with E-state index in [0.29, 0.717) is 5.56 Å². The number of esters is 1. The van der Waals surface area contributed by atoms with Gasteiger partial charge in [-0.05, 0) is 37.6 Å². The summed E-state index contributed by atoms with van der Waals surface area (Å²) in [5.74, 6) is -1.44. The van der Waals surface area contributed by atoms with E-state index in [9.17, 15) is 14.4 Å². The molecule has 150 valence electrons. The molecule has 0 bridgehead atoms. The van der Waals surface area contributed by atoms with E-state index in [1.165, 1.54) is 12.3 Å². The van der Waals surface area contributed by atoms with Crippen LogP contribution in [-0.2, 0) is 16.0 Å². The first-order chi connectivity index (χ1) is 13.9. The number of ether oxygens (including phenoxy) is 1. The van der Waals surface area contributed by atoms with E-state index in [4.69, 9.17) is 9.15 Å². The molecule has 29 heavy (non-hydrogen) atoms. The SMILES string of the molecule is Cc1cc(C(=O)COC(=O)[C@H](Cc2ccccc2)NC(=O)c2ccco2)c(C)[nH]1. The summed E-state index contributed by atoms with van der Waals surface area (Å²) in [6, 6.07) is 13.1. The molecule has 7 nitrogen and oxygen atoms in total. The second kappa shape index (κ2) is 9.05. The van der Waals surface area contributed by atoms with Crippen LogP contribution in [0, 0.1) is 13.8 Å². The highest BCUT2D eigenvalue weighted by atomic mass is 16.5. The summed E-state index contributed by atoms with van der Waals surface area (Å²) in [6.07, 6.45) is 1.60. The topological polar surface area (TPSA) is 101 Å². The lowest BCUT2D eigenvalue weighted by molar-refractivity contribution is -0.144. The number of aryl methyl sites for hydroxylation is 2. The van der Waals surface area contributed by atoms with Crippen LogP contribution in [0.15, 0.2) is 59.2 Å². The fraction of sp³-hybridized carbons (Fsp3) is 0.227. The van der Waals surface area contributed by atoms with Crippen molar-refractivity contribution in [2.75, 3.05) is 6.61 Å². The molecule has 0 radical (unpaired) electrons. The number of carbonyl (C=O) groups is 3. The molecule has 1 atom stereocenters. The number of benzene rings is 1. The molecule has 0 saturated carbocycles. The van der Waals surface area contributed by atoms with Crippen LogP contribution in [0.4, 0.5) is 0 Å². The van der Waals surface area contributed by atoms with Crippen LogP contribution in [0.25, 0.3) is 0 Å². The highest BCUT2D eigenvalue weighted by Crippen LogP contribution is 2.11. The number of rotatable bonds is 8. The molecule has 0 spiro atoms. The monoisotopic (exact) mass is 394 g/mol. The number of hydrogen-bond donors (Lipinski definition) is 2. The molecule has 3 rings (SSSR count). The summed E-state index contributed by atoms with van der Waals surface area (Å²) in [5.41, 5.74) is 2.90. The number of aromatic nitrogens is 1. The van der Waals surface area contributed by atoms with Crippen molar-refractivity contribution in [2.45, 2.75) is 26.3 Å². The summed E-state index contributed by atoms with van der Waals surface area (Å²) in [5, 5.41) is 2.62. The molecule has 1 aromatic carbocycles. The largest absolute Gasteiger partial charge is 0.459 e. The van der Waals surface area contributed by atoms with Gasteiger partial charge in [-0.25, -0.2) is 4.79 Å². The third-order valence-electron chi connectivity index (χ3n) is 4.41. The third-order valence-corrected chi connectivity index (χ3v) is 4.41. The Morgan fingerprint density at radius 3 is 2.48 bits per heavy atom. The minimum absolute atomic E-state index is 0.0883. The van der Waals surface area contributed by atoms with Gasteiger partial charge in [-0.1, -0.05) is 30.3 Å². The minimum Gasteiger partial charge on any atom is -0.459 e. The van der Waals surface area contributed by atoms with E-state index in [1.54, 1.807) is 19.1 Å². The first-order valence-electron chi connectivity index (χ1n) is 9.18. The Morgan fingerprint density at radius 1 is 1.10 bits per heavy atom. The predicted octanol–water partition coefficient (Wildman–Crippen LogP) is 2.99. The van der Waals surface area contributed by atoms with Gasteiger partial charge < -0.3 is 19.5 Å². The molecule has 0 aliphatic carbocycles. The summed E-state index contributed by atoms with van der Waals surface area (Å²) in [6.45, 7) is 3.22. The van der Waals surface area contributed by atoms with Crippen molar-refractivity contribution in [1.82, 2.24) is 10.3 Å². The Labute approximate surface area is 168 Å². The number of H-pyrrole nitrogens is 1. The van der Waals surface area contributed by atoms with E-state index in [1.807, 2.05) is 37.3 Å². The first kappa shape index (κ1) is 20.1. The van der Waals surface area contributed by atoms with Crippen LogP contribution in [0.3, 0.4) is 0 Å². The minimum atomic E-state index is -0.961. The lowest BCUT2D eigenvalue weighted by atomic mass is 10.1. The number of nitrogens with one attached hydrogen (secondary N) is 2. The average Bonchev–Trinajstić information content (AvgIpc) is 3.35. The second-order valence-corrected chi connectivity index (χ2v) is 6.71. The summed E-state index contributed by atoms with van der Waals surface area (Å²) >= 11 is 0. The quantitative estimate of drug-likeness (QED) is 0.452. The van der Waals surface area contributed by atoms with Crippen LogP contribution < -0.4 is 5.32 Å². The lowest BCUT2D eigenvalue weighted by Crippen LogP contribution is -2.43. The van der Waals surface area contributed by atoms with Crippen LogP contribution in [0.2, 0.25) is 0 Å². The van der Waals surface area contributed by atoms with Gasteiger partial charge >= 0.3 is 5.97 Å². The number of aromatic amines is 1. The van der Waals surface area contributed by atoms with Crippen molar-refractivity contribution in [3.63, 3.8) is 0 Å². The molecule has 0 saturated heterocycles. The van der Waals surface area contributed by atoms with E-state index >= 15 is 0 Å². The zero-order chi connectivity index (χ0) is 20.8. The van der Waals surface area contributed by atoms with E-state index in [-0.39, 0.29) is 18.0 Å². The van der Waals surface area contributed by atoms with Crippen LogP contribution >= 0.6 is 0 Å². The molecule has 2 N–H and O–H groups in total. The van der Waals surface area contributed by atoms with Crippen molar-refractivity contribution in [2.24, 2.45) is 0 Å². The molecular formula is C22H22N2O5. The van der Waals surface area contributed by atoms with Gasteiger partial charge in [0.05, 0.1) is 6.26 Å². The predicted molar refractivity (Wildman–Crippen MR) is 106 cm³/mol. The van der Waals surface area contributed by atoms with Gasteiger partial charge in [0.25, 0.3) is 5.91 Å². The Bertz CT molecular complexity index is 990. The van der Waals surface area contributed by atoms with Gasteiger partial charge in [-0.2, -0.15) is 0 Å². The zero-order valence-corrected chi connectivity index (χ0v) is 16.2. The molecule has 1 amide bonds. The second-order valence-electron chi connectivity index (χ2n) is 6.71. The van der Waals surface area contributed by atoms with E-state index < -0.39 is 24.5 Å². The molecule has 0 aliphatic rings. The maximum Gasteiger partial charge on any atom is 0.329 e. The van der Waals surface area contributed by atoms with Crippen molar-refractivity contribution in [3.8, 4) is 0 Å². The number of Topliss-reactive ketones (excluding diaryl/α,β-unsaturated/α-hetero) is 1. The normalized spacial score (nSPS) is 11.7. The third kappa shape index (κ3) is 5.22. The van der Waals surface area contributed by atoms with Crippen molar-refractivity contribution >= 4 is 17.7 Å². The van der Waals surface area contributed by atoms with Gasteiger partial charge in [-0.3, -0.25) is 9.59 Å². The molecule has 0 unspecified atom stereocenters. The van der Waals surface area contributed by atoms with Crippen LogP contribution in [0.5, 0.6) is 0 Å². The van der Waals surface area contributed by atoms with Crippen LogP contribution in [-0.4, -0.2) is 35.3 Å². The molecule has 3 aromatic rings. The summed E-state index contributed by atoms with van der Waals surface area (Å²) < 4.78 is 10.3. The van der Waals surface area contributed by atoms with Gasteiger partial charge in [0, 0.05) is 23.4 Å². The maximum absolute atomic E-state index is 12.7.